The molecule has 1 aromatic carbocycles. The molecular formula is C13H19IN2O. The number of aliphatic hydroxyl groups is 1. The Morgan fingerprint density at radius 2 is 2.29 bits per heavy atom. The minimum absolute atomic E-state index is 0.295. The lowest BCUT2D eigenvalue weighted by Crippen LogP contribution is -2.30. The third-order valence-electron chi connectivity index (χ3n) is 3.35. The summed E-state index contributed by atoms with van der Waals surface area (Å²) < 4.78 is 1.22. The van der Waals surface area contributed by atoms with Gasteiger partial charge in [0.05, 0.1) is 5.69 Å². The van der Waals surface area contributed by atoms with Crippen LogP contribution in [0.5, 0.6) is 0 Å². The van der Waals surface area contributed by atoms with Gasteiger partial charge >= 0.3 is 0 Å². The lowest BCUT2D eigenvalue weighted by molar-refractivity contribution is 0.279. The first-order valence-corrected chi connectivity index (χ1v) is 7.23. The van der Waals surface area contributed by atoms with E-state index < -0.39 is 0 Å². The lowest BCUT2D eigenvalue weighted by Gasteiger charge is -2.28. The van der Waals surface area contributed by atoms with Gasteiger partial charge in [0.1, 0.15) is 0 Å². The van der Waals surface area contributed by atoms with E-state index in [1.807, 2.05) is 12.1 Å². The number of nitrogens with zero attached hydrogens (tertiary/aromatic N) is 1. The van der Waals surface area contributed by atoms with Gasteiger partial charge in [-0.25, -0.2) is 0 Å². The van der Waals surface area contributed by atoms with Gasteiger partial charge in [-0.15, -0.1) is 0 Å². The van der Waals surface area contributed by atoms with Crippen LogP contribution in [0.15, 0.2) is 18.2 Å². The zero-order valence-electron chi connectivity index (χ0n) is 9.90. The molecule has 3 nitrogen and oxygen atoms in total. The smallest absolute Gasteiger partial charge is 0.0505 e. The molecule has 3 N–H and O–H groups in total. The Bertz CT molecular complexity index is 384. The molecule has 0 radical (unpaired) electrons. The molecule has 1 saturated heterocycles. The van der Waals surface area contributed by atoms with Gasteiger partial charge in [-0.1, -0.05) is 0 Å². The highest BCUT2D eigenvalue weighted by Gasteiger charge is 2.25. The van der Waals surface area contributed by atoms with Crippen molar-refractivity contribution < 1.29 is 5.11 Å². The van der Waals surface area contributed by atoms with Crippen molar-refractivity contribution in [1.29, 1.82) is 0 Å². The summed E-state index contributed by atoms with van der Waals surface area (Å²) in [6, 6.07) is 6.70. The fourth-order valence-electron chi connectivity index (χ4n) is 2.54. The fourth-order valence-corrected chi connectivity index (χ4v) is 3.39. The number of nitrogens with two attached hydrogens (primary N) is 1. The first-order valence-electron chi connectivity index (χ1n) is 6.15. The molecule has 0 saturated carbocycles. The predicted molar refractivity (Wildman–Crippen MR) is 80.3 cm³/mol. The minimum Gasteiger partial charge on any atom is -0.399 e. The van der Waals surface area contributed by atoms with Crippen LogP contribution in [0.1, 0.15) is 25.7 Å². The monoisotopic (exact) mass is 346 g/mol. The quantitative estimate of drug-likeness (QED) is 0.651. The van der Waals surface area contributed by atoms with Gasteiger partial charge < -0.3 is 15.7 Å². The van der Waals surface area contributed by atoms with E-state index in [0.717, 1.165) is 25.1 Å². The maximum absolute atomic E-state index is 8.94. The van der Waals surface area contributed by atoms with E-state index >= 15 is 0 Å². The molecule has 17 heavy (non-hydrogen) atoms. The second kappa shape index (κ2) is 5.91. The molecule has 4 heteroatoms. The van der Waals surface area contributed by atoms with Crippen molar-refractivity contribution in [2.75, 3.05) is 23.8 Å². The summed E-state index contributed by atoms with van der Waals surface area (Å²) in [6.07, 6.45) is 4.46. The number of anilines is 2. The van der Waals surface area contributed by atoms with Crippen LogP contribution < -0.4 is 10.6 Å². The third-order valence-corrected chi connectivity index (χ3v) is 4.22. The van der Waals surface area contributed by atoms with Gasteiger partial charge in [0.15, 0.2) is 0 Å². The van der Waals surface area contributed by atoms with Crippen LogP contribution >= 0.6 is 22.6 Å². The van der Waals surface area contributed by atoms with E-state index in [9.17, 15) is 0 Å². The highest BCUT2D eigenvalue weighted by molar-refractivity contribution is 14.1. The van der Waals surface area contributed by atoms with Crippen molar-refractivity contribution in [3.63, 3.8) is 0 Å². The molecule has 1 heterocycles. The van der Waals surface area contributed by atoms with Crippen LogP contribution in [0.3, 0.4) is 0 Å². The average Bonchev–Trinajstić information content (AvgIpc) is 2.74. The second-order valence-electron chi connectivity index (χ2n) is 4.57. The Balaban J connectivity index is 2.14. The van der Waals surface area contributed by atoms with Gasteiger partial charge in [0, 0.05) is 28.5 Å². The number of halogens is 1. The van der Waals surface area contributed by atoms with Crippen LogP contribution in [-0.2, 0) is 0 Å². The van der Waals surface area contributed by atoms with Gasteiger partial charge in [-0.2, -0.15) is 0 Å². The maximum Gasteiger partial charge on any atom is 0.0505 e. The molecule has 1 aliphatic heterocycles. The summed E-state index contributed by atoms with van der Waals surface area (Å²) in [4.78, 5) is 2.47. The molecule has 1 aliphatic rings. The summed E-state index contributed by atoms with van der Waals surface area (Å²) >= 11 is 2.35. The second-order valence-corrected chi connectivity index (χ2v) is 5.73. The molecule has 1 unspecified atom stereocenters. The van der Waals surface area contributed by atoms with Crippen LogP contribution in [0.4, 0.5) is 11.4 Å². The summed E-state index contributed by atoms with van der Waals surface area (Å²) in [7, 11) is 0. The molecule has 0 aliphatic carbocycles. The first kappa shape index (κ1) is 13.0. The van der Waals surface area contributed by atoms with E-state index in [1.165, 1.54) is 22.1 Å². The van der Waals surface area contributed by atoms with Crippen LogP contribution in [0.25, 0.3) is 0 Å². The van der Waals surface area contributed by atoms with E-state index in [2.05, 4.69) is 33.6 Å². The molecule has 0 spiro atoms. The summed E-state index contributed by atoms with van der Waals surface area (Å²) in [5.41, 5.74) is 7.90. The summed E-state index contributed by atoms with van der Waals surface area (Å²) in [5.74, 6) is 0. The third kappa shape index (κ3) is 3.04. The average molecular weight is 346 g/mol. The largest absolute Gasteiger partial charge is 0.399 e. The number of benzene rings is 1. The van der Waals surface area contributed by atoms with Gasteiger partial charge in [-0.05, 0) is 66.5 Å². The van der Waals surface area contributed by atoms with Gasteiger partial charge in [0.2, 0.25) is 0 Å². The number of aliphatic hydroxyl groups excluding tert-OH is 1. The Kier molecular flexibility index (Phi) is 4.50. The van der Waals surface area contributed by atoms with E-state index in [-0.39, 0.29) is 0 Å². The standard InChI is InChI=1S/C13H19IN2O/c14-12-9-10(15)5-6-13(12)16-7-1-3-11(16)4-2-8-17/h5-6,9,11,17H,1-4,7-8,15H2. The van der Waals surface area contributed by atoms with Crippen molar-refractivity contribution in [2.45, 2.75) is 31.7 Å². The molecule has 94 valence electrons. The number of rotatable bonds is 4. The first-order chi connectivity index (χ1) is 8.22. The van der Waals surface area contributed by atoms with E-state index in [1.54, 1.807) is 0 Å². The van der Waals surface area contributed by atoms with Crippen molar-refractivity contribution in [3.05, 3.63) is 21.8 Å². The molecule has 1 aromatic rings. The highest BCUT2D eigenvalue weighted by Crippen LogP contribution is 2.32. The lowest BCUT2D eigenvalue weighted by atomic mass is 10.1. The number of nitrogen functional groups attached to an aromatic ring is 1. The van der Waals surface area contributed by atoms with E-state index in [4.69, 9.17) is 10.8 Å². The Labute approximate surface area is 116 Å². The van der Waals surface area contributed by atoms with Crippen molar-refractivity contribution in [2.24, 2.45) is 0 Å². The van der Waals surface area contributed by atoms with Crippen LogP contribution in [-0.4, -0.2) is 24.3 Å². The molecule has 1 atom stereocenters. The summed E-state index contributed by atoms with van der Waals surface area (Å²) in [5, 5.41) is 8.94. The summed E-state index contributed by atoms with van der Waals surface area (Å²) in [6.45, 7) is 1.42. The Hall–Kier alpha value is -0.490. The Morgan fingerprint density at radius 3 is 3.00 bits per heavy atom. The minimum atomic E-state index is 0.295. The van der Waals surface area contributed by atoms with Gasteiger partial charge in [0.25, 0.3) is 0 Å². The molecule has 0 amide bonds. The zero-order valence-corrected chi connectivity index (χ0v) is 12.1. The van der Waals surface area contributed by atoms with Crippen molar-refractivity contribution >= 4 is 34.0 Å². The van der Waals surface area contributed by atoms with Crippen LogP contribution in [0.2, 0.25) is 0 Å². The molecular weight excluding hydrogens is 327 g/mol. The Morgan fingerprint density at radius 1 is 1.47 bits per heavy atom. The van der Waals surface area contributed by atoms with Gasteiger partial charge in [-0.3, -0.25) is 0 Å². The molecule has 0 aromatic heterocycles. The number of hydrogen-bond donors (Lipinski definition) is 2. The molecule has 2 rings (SSSR count). The zero-order chi connectivity index (χ0) is 12.3. The normalized spacial score (nSPS) is 19.9. The highest BCUT2D eigenvalue weighted by atomic mass is 127. The van der Waals surface area contributed by atoms with Crippen molar-refractivity contribution in [1.82, 2.24) is 0 Å². The van der Waals surface area contributed by atoms with Crippen LogP contribution in [0, 0.1) is 3.57 Å². The topological polar surface area (TPSA) is 49.5 Å². The SMILES string of the molecule is Nc1ccc(N2CCCC2CCCO)c(I)c1. The molecule has 1 fully saturated rings. The maximum atomic E-state index is 8.94. The molecule has 0 bridgehead atoms. The number of hydrogen-bond acceptors (Lipinski definition) is 3. The predicted octanol–water partition coefficient (Wildman–Crippen LogP) is 2.61. The van der Waals surface area contributed by atoms with E-state index in [0.29, 0.717) is 12.6 Å². The van der Waals surface area contributed by atoms with Crippen molar-refractivity contribution in [3.8, 4) is 0 Å². The fraction of sp³-hybridized carbons (Fsp3) is 0.538.